The van der Waals surface area contributed by atoms with Crippen LogP contribution in [0.1, 0.15) is 145 Å². The van der Waals surface area contributed by atoms with Crippen LogP contribution in [0, 0.1) is 0 Å². The van der Waals surface area contributed by atoms with Gasteiger partial charge in [0.25, 0.3) is 17.0 Å². The molecule has 8 rings (SSSR count). The Hall–Kier alpha value is -10.5. The molecule has 0 aliphatic heterocycles. The number of anilines is 4. The van der Waals surface area contributed by atoms with Gasteiger partial charge >= 0.3 is 53.7 Å². The molecule has 3 amide bonds. The minimum absolute atomic E-state index is 0. The molecule has 552 valence electrons. The Morgan fingerprint density at radius 3 is 1.45 bits per heavy atom. The Morgan fingerprint density at radius 1 is 0.598 bits per heavy atom. The van der Waals surface area contributed by atoms with Crippen LogP contribution < -0.4 is 82.7 Å². The SMILES string of the molecule is C.Nc1nc2ncc(CN(C(=O)C(F)(F)F)c3ccc(C(=O)O)cc3)nc2c(=O)[nH]1.[2H]c1c([2H])c(OC(C)(C)C)c([2H])c([2H])c1C[C@H](NC(=O)c1ccc(N(Cc2c[nH+]c3nc(N)[nH]c(=O)c3n2)C(=O)C(F)(F)F)cc1)C(=O)OC(C)(C)C.[2H]c1c([2H])c(OC(C)(C)C)c([2H])c([2H])c1C[C@H]([NH3+])C(=O)OC(C)(C)C.[Cl-].[Cl-]. The van der Waals surface area contributed by atoms with E-state index in [0.29, 0.717) is 9.80 Å². The molecule has 2 atom stereocenters. The predicted octanol–water partition coefficient (Wildman–Crippen LogP) is 1.76. The fourth-order valence-electron chi connectivity index (χ4n) is 8.21. The number of amides is 3. The molecule has 0 bridgehead atoms. The lowest BCUT2D eigenvalue weighted by atomic mass is 10.0. The molecule has 4 heterocycles. The van der Waals surface area contributed by atoms with Crippen molar-refractivity contribution in [2.45, 2.75) is 163 Å². The standard InChI is InChI=1S/C33H36F3N7O6.C17H27NO3.C16H11F3N6O4.CH4.2ClH/c1-31(2,3)48-22-13-7-18(8-14-22)15-23(28(46)49-32(4,5)6)40-26(44)19-9-11-21(12-10-19)43(29(47)33(34,35)36)17-20-16-38-25-24(39-20)27(45)42-30(37)41-25;1-16(2,3)20-13-9-7-12(8-10-13)11-14(18)15(19)21-17(4,5)6;17-16(18,19)14(29)25(9-3-1-7(2-4-9)13(27)28)6-8-5-21-11-10(22-8)12(26)24-15(20)23-11;;;/h7-14,16,23H,15,17H2,1-6H3,(H,40,44)(H3,37,38,41,42,45);7-10,14H,11,18H2,1-6H3;1-5H,6H2,(H,27,28)(H3,20,21,23,24,26);1H4;2*1H/t23-;14-;;;;/m00..../s1/i7D,8D,13D,14D;7D,8D,9D,10D;;;;. The zero-order chi connectivity index (χ0) is 80.9. The summed E-state index contributed by atoms with van der Waals surface area (Å²) >= 11 is 0. The van der Waals surface area contributed by atoms with Crippen molar-refractivity contribution >= 4 is 81.2 Å². The van der Waals surface area contributed by atoms with E-state index in [2.05, 4.69) is 50.9 Å². The number of ether oxygens (including phenoxy) is 4. The normalized spacial score (nSPS) is 13.2. The number of hydrogen-bond donors (Lipinski definition) is 7. The van der Waals surface area contributed by atoms with Crippen LogP contribution >= 0.6 is 0 Å². The molecule has 8 aromatic rings. The number of aromatic nitrogens is 8. The quantitative estimate of drug-likeness (QED) is 0.0504. The van der Waals surface area contributed by atoms with Crippen LogP contribution in [0.3, 0.4) is 0 Å². The number of alkyl halides is 6. The number of hydrogen-bond acceptors (Lipinski definition) is 19. The molecule has 12 N–H and O–H groups in total. The Bertz CT molecular complexity index is 4820. The van der Waals surface area contributed by atoms with Crippen LogP contribution in [0.2, 0.25) is 0 Å². The van der Waals surface area contributed by atoms with Gasteiger partial charge in [-0.2, -0.15) is 31.3 Å². The van der Waals surface area contributed by atoms with Gasteiger partial charge in [-0.05, 0) is 172 Å². The summed E-state index contributed by atoms with van der Waals surface area (Å²) in [5, 5.41) is 11.4. The van der Waals surface area contributed by atoms with Crippen molar-refractivity contribution in [1.82, 2.24) is 40.2 Å². The van der Waals surface area contributed by atoms with Crippen LogP contribution in [0.5, 0.6) is 11.5 Å². The van der Waals surface area contributed by atoms with Gasteiger partial charge < -0.3 is 71.4 Å². The van der Waals surface area contributed by atoms with E-state index in [-0.39, 0.29) is 154 Å². The molecule has 0 spiro atoms. The predicted molar refractivity (Wildman–Crippen MR) is 355 cm³/mol. The summed E-state index contributed by atoms with van der Waals surface area (Å²) in [6, 6.07) is 3.16. The van der Waals surface area contributed by atoms with E-state index in [1.807, 2.05) is 0 Å². The molecular formula is C67H80Cl2F6N14O13. The minimum Gasteiger partial charge on any atom is -1.00 e. The lowest BCUT2D eigenvalue weighted by Gasteiger charge is -2.25. The fourth-order valence-corrected chi connectivity index (χ4v) is 8.21. The number of carboxylic acid groups (broad SMARTS) is 1. The largest absolute Gasteiger partial charge is 1.00 e. The maximum absolute atomic E-state index is 13.7. The maximum Gasteiger partial charge on any atom is 0.471 e. The number of rotatable bonds is 17. The van der Waals surface area contributed by atoms with Crippen LogP contribution in [0.25, 0.3) is 22.3 Å². The van der Waals surface area contributed by atoms with Crippen LogP contribution in [0.15, 0.2) is 119 Å². The number of nitrogen functional groups attached to an aromatic ring is 2. The average molecular weight is 1480 g/mol. The molecule has 0 saturated carbocycles. The second-order valence-corrected chi connectivity index (χ2v) is 25.4. The number of esters is 2. The first kappa shape index (κ1) is 72.7. The highest BCUT2D eigenvalue weighted by molar-refractivity contribution is 6.00. The highest BCUT2D eigenvalue weighted by atomic mass is 35.5. The molecule has 35 heteroatoms. The summed E-state index contributed by atoms with van der Waals surface area (Å²) in [6.45, 7) is 18.8. The molecule has 27 nitrogen and oxygen atoms in total. The first-order chi connectivity index (χ1) is 49.1. The number of quaternary nitrogens is 1. The number of nitrogens with two attached hydrogens (primary N) is 2. The molecule has 0 aliphatic carbocycles. The summed E-state index contributed by atoms with van der Waals surface area (Å²) < 4.78 is 169. The molecule has 0 unspecified atom stereocenters. The van der Waals surface area contributed by atoms with E-state index >= 15 is 0 Å². The fraction of sp³-hybridized carbons (Fsp3) is 0.373. The zero-order valence-electron chi connectivity index (χ0n) is 64.1. The summed E-state index contributed by atoms with van der Waals surface area (Å²) in [6.07, 6.45) is -8.90. The average Bonchev–Trinajstić information content (AvgIpc) is 0.788. The number of halogens is 8. The number of nitrogens with one attached hydrogen (secondary N) is 4. The number of aromatic carboxylic acids is 1. The van der Waals surface area contributed by atoms with E-state index in [1.165, 1.54) is 0 Å². The maximum atomic E-state index is 13.7. The Morgan fingerprint density at radius 2 is 1.01 bits per heavy atom. The highest BCUT2D eigenvalue weighted by Gasteiger charge is 2.45. The number of H-pyrrole nitrogens is 3. The van der Waals surface area contributed by atoms with Gasteiger partial charge in [0.05, 0.1) is 41.5 Å². The molecule has 102 heavy (non-hydrogen) atoms. The van der Waals surface area contributed by atoms with Crippen molar-refractivity contribution in [2.75, 3.05) is 21.3 Å². The lowest BCUT2D eigenvalue weighted by molar-refractivity contribution is -0.409. The first-order valence-corrected chi connectivity index (χ1v) is 29.5. The van der Waals surface area contributed by atoms with Gasteiger partial charge in [-0.1, -0.05) is 31.6 Å². The Balaban J connectivity index is 0.000000465. The zero-order valence-corrected chi connectivity index (χ0v) is 57.6. The van der Waals surface area contributed by atoms with Gasteiger partial charge in [-0.15, -0.1) is 0 Å². The second kappa shape index (κ2) is 34.7. The van der Waals surface area contributed by atoms with Gasteiger partial charge in [-0.25, -0.2) is 34.3 Å². The topological polar surface area (TPSA) is 402 Å². The van der Waals surface area contributed by atoms with Crippen LogP contribution in [-0.4, -0.2) is 122 Å². The number of fused-ring (bicyclic) bond motifs is 2. The summed E-state index contributed by atoms with van der Waals surface area (Å²) in [5.74, 6) is -9.00. The van der Waals surface area contributed by atoms with E-state index in [9.17, 15) is 64.7 Å². The first-order valence-electron chi connectivity index (χ1n) is 33.5. The monoisotopic (exact) mass is 1480 g/mol. The van der Waals surface area contributed by atoms with Gasteiger partial charge in [0.1, 0.15) is 51.8 Å². The van der Waals surface area contributed by atoms with Crippen molar-refractivity contribution in [3.05, 3.63) is 164 Å². The second-order valence-electron chi connectivity index (χ2n) is 25.4. The minimum atomic E-state index is -5.33. The molecule has 4 aromatic heterocycles. The molecule has 0 radical (unpaired) electrons. The summed E-state index contributed by atoms with van der Waals surface area (Å²) in [5.41, 5.74) is 7.98. The number of carbonyl (C=O) groups is 6. The third-order valence-corrected chi connectivity index (χ3v) is 12.2. The highest BCUT2D eigenvalue weighted by Crippen LogP contribution is 2.29. The van der Waals surface area contributed by atoms with E-state index < -0.39 is 137 Å². The van der Waals surface area contributed by atoms with Crippen molar-refractivity contribution in [1.29, 1.82) is 0 Å². The lowest BCUT2D eigenvalue weighted by Crippen LogP contribution is -3.00. The van der Waals surface area contributed by atoms with Gasteiger partial charge in [0, 0.05) is 29.8 Å². The molecule has 0 fully saturated rings. The molecular weight excluding hydrogens is 1390 g/mol. The van der Waals surface area contributed by atoms with Gasteiger partial charge in [0.2, 0.25) is 11.5 Å². The Labute approximate surface area is 604 Å². The van der Waals surface area contributed by atoms with Crippen molar-refractivity contribution in [3.63, 3.8) is 0 Å². The van der Waals surface area contributed by atoms with Crippen molar-refractivity contribution < 1.29 is 126 Å². The van der Waals surface area contributed by atoms with E-state index in [0.717, 1.165) is 60.9 Å². The number of carboxylic acids is 1. The third kappa shape index (κ3) is 26.2. The van der Waals surface area contributed by atoms with Crippen molar-refractivity contribution in [3.8, 4) is 11.5 Å². The van der Waals surface area contributed by atoms with Crippen molar-refractivity contribution in [2.24, 2.45) is 0 Å². The van der Waals surface area contributed by atoms with Crippen LogP contribution in [0.4, 0.5) is 49.6 Å². The number of nitrogens with zero attached hydrogens (tertiary/aromatic N) is 7. The molecule has 4 aromatic carbocycles. The number of benzene rings is 4. The van der Waals surface area contributed by atoms with Crippen LogP contribution in [-0.2, 0) is 54.6 Å². The number of carbonyl (C=O) groups excluding carboxylic acids is 5. The Kier molecular flexibility index (Phi) is 24.7. The van der Waals surface area contributed by atoms with E-state index in [4.69, 9.17) is 46.5 Å². The molecule has 0 saturated heterocycles. The third-order valence-electron chi connectivity index (χ3n) is 12.2. The number of aromatic amines is 3. The van der Waals surface area contributed by atoms with Gasteiger partial charge in [-0.3, -0.25) is 43.7 Å². The smallest absolute Gasteiger partial charge is 0.471 e. The van der Waals surface area contributed by atoms with Gasteiger partial charge in [0.15, 0.2) is 17.2 Å². The van der Waals surface area contributed by atoms with E-state index in [1.54, 1.807) is 83.1 Å². The summed E-state index contributed by atoms with van der Waals surface area (Å²) in [4.78, 5) is 125. The summed E-state index contributed by atoms with van der Waals surface area (Å²) in [7, 11) is 0. The molecule has 0 aliphatic rings.